The zero-order valence-corrected chi connectivity index (χ0v) is 16.2. The van der Waals surface area contributed by atoms with E-state index < -0.39 is 46.9 Å². The van der Waals surface area contributed by atoms with E-state index in [4.69, 9.17) is 4.74 Å². The quantitative estimate of drug-likeness (QED) is 0.652. The molecule has 0 spiro atoms. The minimum absolute atomic E-state index is 0.0864. The van der Waals surface area contributed by atoms with E-state index in [2.05, 4.69) is 15.9 Å². The molecule has 1 unspecified atom stereocenters. The van der Waals surface area contributed by atoms with Crippen molar-refractivity contribution < 1.29 is 27.5 Å². The first-order valence-corrected chi connectivity index (χ1v) is 9.08. The van der Waals surface area contributed by atoms with Gasteiger partial charge in [0.25, 0.3) is 0 Å². The lowest BCUT2D eigenvalue weighted by molar-refractivity contribution is -0.163. The van der Waals surface area contributed by atoms with E-state index in [1.165, 1.54) is 4.90 Å². The van der Waals surface area contributed by atoms with Crippen LogP contribution in [0, 0.1) is 11.6 Å². The van der Waals surface area contributed by atoms with E-state index in [9.17, 15) is 22.8 Å². The lowest BCUT2D eigenvalue weighted by Crippen LogP contribution is -2.72. The van der Waals surface area contributed by atoms with E-state index in [-0.39, 0.29) is 29.3 Å². The van der Waals surface area contributed by atoms with Crippen LogP contribution in [-0.2, 0) is 16.0 Å². The first kappa shape index (κ1) is 19.2. The number of carbonyl (C=O) groups is 2. The van der Waals surface area contributed by atoms with Gasteiger partial charge >= 0.3 is 6.09 Å². The molecule has 3 aliphatic rings. The van der Waals surface area contributed by atoms with Crippen molar-refractivity contribution in [2.24, 2.45) is 0 Å². The summed E-state index contributed by atoms with van der Waals surface area (Å²) >= 11 is 2.91. The number of halogens is 4. The Balaban J connectivity index is 1.93. The van der Waals surface area contributed by atoms with Crippen molar-refractivity contribution in [1.29, 1.82) is 0 Å². The van der Waals surface area contributed by atoms with Crippen LogP contribution >= 0.6 is 15.9 Å². The molecule has 142 valence electrons. The van der Waals surface area contributed by atoms with Crippen LogP contribution in [-0.4, -0.2) is 40.1 Å². The molecule has 1 saturated carbocycles. The van der Waals surface area contributed by atoms with Gasteiger partial charge in [0, 0.05) is 25.3 Å². The van der Waals surface area contributed by atoms with Crippen LogP contribution in [0.1, 0.15) is 39.2 Å². The maximum absolute atomic E-state index is 14.6. The number of amides is 1. The van der Waals surface area contributed by atoms with Crippen molar-refractivity contribution in [3.05, 3.63) is 33.8 Å². The molecule has 2 bridgehead atoms. The Morgan fingerprint density at radius 2 is 1.96 bits per heavy atom. The first-order chi connectivity index (χ1) is 11.9. The molecule has 0 N–H and O–H groups in total. The number of Topliss-reactive ketones (excluding diaryl/α,β-unsaturated/α-hetero) is 1. The summed E-state index contributed by atoms with van der Waals surface area (Å²) in [5.74, 6) is -2.22. The molecule has 0 radical (unpaired) electrons. The largest absolute Gasteiger partial charge is 0.444 e. The zero-order chi connectivity index (χ0) is 19.4. The molecule has 0 aromatic heterocycles. The molecule has 26 heavy (non-hydrogen) atoms. The summed E-state index contributed by atoms with van der Waals surface area (Å²) < 4.78 is 47.8. The van der Waals surface area contributed by atoms with Gasteiger partial charge in [0.15, 0.2) is 11.5 Å². The van der Waals surface area contributed by atoms with Crippen LogP contribution in [0.25, 0.3) is 0 Å². The number of hydrogen-bond donors (Lipinski definition) is 0. The fraction of sp³-hybridized carbons (Fsp3) is 0.556. The third kappa shape index (κ3) is 3.35. The normalized spacial score (nSPS) is 28.0. The van der Waals surface area contributed by atoms with Crippen molar-refractivity contribution >= 4 is 27.8 Å². The van der Waals surface area contributed by atoms with Crippen LogP contribution in [0.15, 0.2) is 16.6 Å². The van der Waals surface area contributed by atoms with Crippen LogP contribution in [0.2, 0.25) is 0 Å². The second-order valence-electron chi connectivity index (χ2n) is 7.86. The third-order valence-corrected chi connectivity index (χ3v) is 5.25. The monoisotopic (exact) mass is 433 g/mol. The Hall–Kier alpha value is -1.57. The SMILES string of the molecule is CC(C)(C)OC(=O)N1C2CC(F)(C2)C(=O)C1Cc1cc(F)cc(Br)c1F. The summed E-state index contributed by atoms with van der Waals surface area (Å²) in [6.45, 7) is 5.03. The molecule has 2 saturated heterocycles. The molecule has 1 atom stereocenters. The van der Waals surface area contributed by atoms with Gasteiger partial charge in [0.05, 0.1) is 4.47 Å². The number of piperidine rings is 2. The zero-order valence-electron chi connectivity index (χ0n) is 14.6. The van der Waals surface area contributed by atoms with Gasteiger partial charge in [-0.05, 0) is 54.4 Å². The molecular formula is C18H19BrF3NO3. The average Bonchev–Trinajstić information content (AvgIpc) is 2.45. The Bertz CT molecular complexity index is 772. The minimum Gasteiger partial charge on any atom is -0.444 e. The molecule has 4 rings (SSSR count). The summed E-state index contributed by atoms with van der Waals surface area (Å²) in [6, 6.07) is 0.190. The summed E-state index contributed by atoms with van der Waals surface area (Å²) in [6.07, 6.45) is -1.24. The van der Waals surface area contributed by atoms with Crippen molar-refractivity contribution in [3.8, 4) is 0 Å². The van der Waals surface area contributed by atoms with Gasteiger partial charge in [-0.15, -0.1) is 0 Å². The smallest absolute Gasteiger partial charge is 0.411 e. The Morgan fingerprint density at radius 1 is 1.35 bits per heavy atom. The van der Waals surface area contributed by atoms with Crippen molar-refractivity contribution in [2.75, 3.05) is 0 Å². The van der Waals surface area contributed by atoms with Gasteiger partial charge in [-0.3, -0.25) is 9.69 Å². The highest BCUT2D eigenvalue weighted by molar-refractivity contribution is 9.10. The number of ether oxygens (including phenoxy) is 1. The number of carbonyl (C=O) groups excluding carboxylic acids is 2. The molecule has 2 aliphatic heterocycles. The van der Waals surface area contributed by atoms with Crippen LogP contribution in [0.4, 0.5) is 18.0 Å². The number of fused-ring (bicyclic) bond motifs is 2. The molecule has 1 aromatic carbocycles. The van der Waals surface area contributed by atoms with Crippen molar-refractivity contribution in [2.45, 2.75) is 63.4 Å². The van der Waals surface area contributed by atoms with E-state index in [1.54, 1.807) is 20.8 Å². The lowest BCUT2D eigenvalue weighted by atomic mass is 9.66. The molecule has 1 amide bonds. The standard InChI is InChI=1S/C18H19BrF3NO3/c1-17(2,3)26-16(25)23-11-7-18(22,8-11)15(24)13(23)5-9-4-10(20)6-12(19)14(9)21/h4,6,11,13H,5,7-8H2,1-3H3. The fourth-order valence-electron chi connectivity index (χ4n) is 3.51. The van der Waals surface area contributed by atoms with Crippen molar-refractivity contribution in [1.82, 2.24) is 4.90 Å². The molecule has 2 heterocycles. The molecule has 1 aromatic rings. The Labute approximate surface area is 157 Å². The third-order valence-electron chi connectivity index (χ3n) is 4.68. The maximum Gasteiger partial charge on any atom is 0.411 e. The molecular weight excluding hydrogens is 415 g/mol. The second-order valence-corrected chi connectivity index (χ2v) is 8.71. The number of rotatable bonds is 2. The fourth-order valence-corrected chi connectivity index (χ4v) is 3.99. The predicted octanol–water partition coefficient (Wildman–Crippen LogP) is 4.33. The van der Waals surface area contributed by atoms with Crippen LogP contribution in [0.5, 0.6) is 0 Å². The number of hydrogen-bond acceptors (Lipinski definition) is 3. The van der Waals surface area contributed by atoms with Crippen molar-refractivity contribution in [3.63, 3.8) is 0 Å². The lowest BCUT2D eigenvalue weighted by Gasteiger charge is -2.55. The van der Waals surface area contributed by atoms with Gasteiger partial charge < -0.3 is 4.74 Å². The van der Waals surface area contributed by atoms with E-state index in [0.717, 1.165) is 12.1 Å². The summed E-state index contributed by atoms with van der Waals surface area (Å²) in [4.78, 5) is 26.4. The number of benzene rings is 1. The number of nitrogens with zero attached hydrogens (tertiary/aromatic N) is 1. The highest BCUT2D eigenvalue weighted by Gasteiger charge is 2.63. The average molecular weight is 434 g/mol. The summed E-state index contributed by atoms with van der Waals surface area (Å²) in [7, 11) is 0. The van der Waals surface area contributed by atoms with Crippen LogP contribution < -0.4 is 0 Å². The molecule has 8 heteroatoms. The highest BCUT2D eigenvalue weighted by Crippen LogP contribution is 2.48. The highest BCUT2D eigenvalue weighted by atomic mass is 79.9. The molecule has 4 nitrogen and oxygen atoms in total. The first-order valence-electron chi connectivity index (χ1n) is 8.29. The Kier molecular flexibility index (Phi) is 4.61. The van der Waals surface area contributed by atoms with Crippen LogP contribution in [0.3, 0.4) is 0 Å². The predicted molar refractivity (Wildman–Crippen MR) is 91.5 cm³/mol. The second kappa shape index (κ2) is 6.25. The maximum atomic E-state index is 14.6. The van der Waals surface area contributed by atoms with Gasteiger partial charge in [-0.25, -0.2) is 18.0 Å². The summed E-state index contributed by atoms with van der Waals surface area (Å²) in [5, 5.41) is 0. The molecule has 1 aliphatic carbocycles. The van der Waals surface area contributed by atoms with E-state index >= 15 is 0 Å². The Morgan fingerprint density at radius 3 is 2.54 bits per heavy atom. The summed E-state index contributed by atoms with van der Waals surface area (Å²) in [5.41, 5.74) is -2.91. The van der Waals surface area contributed by atoms with Gasteiger partial charge in [0.1, 0.15) is 23.3 Å². The van der Waals surface area contributed by atoms with Gasteiger partial charge in [-0.1, -0.05) is 0 Å². The van der Waals surface area contributed by atoms with Gasteiger partial charge in [-0.2, -0.15) is 0 Å². The topological polar surface area (TPSA) is 46.6 Å². The van der Waals surface area contributed by atoms with Gasteiger partial charge in [0.2, 0.25) is 0 Å². The number of ketones is 1. The number of alkyl halides is 1. The minimum atomic E-state index is -2.01. The van der Waals surface area contributed by atoms with E-state index in [1.807, 2.05) is 0 Å². The molecule has 3 fully saturated rings. The van der Waals surface area contributed by atoms with E-state index in [0.29, 0.717) is 0 Å².